The van der Waals surface area contributed by atoms with Gasteiger partial charge in [0.25, 0.3) is 0 Å². The number of hydrogen-bond acceptors (Lipinski definition) is 5. The molecule has 3 N–H and O–H groups in total. The number of aliphatic imine (C=N–C) groups is 2. The molecule has 0 aliphatic carbocycles. The maximum atomic E-state index is 13.0. The fraction of sp³-hybridized carbons (Fsp3) is 0.200. The van der Waals surface area contributed by atoms with E-state index in [0.29, 0.717) is 17.1 Å². The molecule has 0 spiro atoms. The van der Waals surface area contributed by atoms with Crippen molar-refractivity contribution in [3.63, 3.8) is 0 Å². The monoisotopic (exact) mass is 222 g/mol. The molecule has 0 radical (unpaired) electrons. The third kappa shape index (κ3) is 2.01. The van der Waals surface area contributed by atoms with Crippen molar-refractivity contribution in [2.45, 2.75) is 6.29 Å². The normalized spacial score (nSPS) is 18.9. The average Bonchev–Trinajstić information content (AvgIpc) is 2.28. The van der Waals surface area contributed by atoms with Crippen LogP contribution in [-0.2, 0) is 0 Å². The van der Waals surface area contributed by atoms with Crippen LogP contribution >= 0.6 is 0 Å². The number of amidine groups is 1. The largest absolute Gasteiger partial charge is 0.496 e. The van der Waals surface area contributed by atoms with Gasteiger partial charge >= 0.3 is 0 Å². The van der Waals surface area contributed by atoms with E-state index in [1.54, 1.807) is 6.07 Å². The molecule has 0 amide bonds. The number of ether oxygens (including phenoxy) is 1. The summed E-state index contributed by atoms with van der Waals surface area (Å²) < 4.78 is 18.1. The fourth-order valence-corrected chi connectivity index (χ4v) is 1.39. The van der Waals surface area contributed by atoms with Crippen LogP contribution in [0, 0.1) is 5.82 Å². The molecular weight excluding hydrogens is 211 g/mol. The maximum absolute atomic E-state index is 13.0. The molecule has 0 fully saturated rings. The van der Waals surface area contributed by atoms with Gasteiger partial charge in [0.15, 0.2) is 6.29 Å². The number of halogens is 1. The van der Waals surface area contributed by atoms with Gasteiger partial charge in [0.1, 0.15) is 17.4 Å². The van der Waals surface area contributed by atoms with Crippen molar-refractivity contribution in [2.75, 3.05) is 7.11 Å². The van der Waals surface area contributed by atoms with E-state index < -0.39 is 6.29 Å². The molecule has 0 saturated heterocycles. The molecule has 1 aliphatic rings. The number of nitrogens with two attached hydrogens (primary N) is 1. The Hall–Kier alpha value is -1.95. The number of benzene rings is 1. The van der Waals surface area contributed by atoms with Gasteiger partial charge in [-0.05, 0) is 12.1 Å². The molecule has 0 bridgehead atoms. The van der Waals surface area contributed by atoms with Crippen molar-refractivity contribution in [2.24, 2.45) is 15.7 Å². The van der Waals surface area contributed by atoms with E-state index in [9.17, 15) is 4.39 Å². The highest BCUT2D eigenvalue weighted by molar-refractivity contribution is 6.07. The molecule has 1 aromatic carbocycles. The summed E-state index contributed by atoms with van der Waals surface area (Å²) in [5.41, 5.74) is 6.19. The van der Waals surface area contributed by atoms with E-state index in [2.05, 4.69) is 15.3 Å². The highest BCUT2D eigenvalue weighted by Crippen LogP contribution is 2.20. The lowest BCUT2D eigenvalue weighted by Crippen LogP contribution is -2.33. The second-order valence-corrected chi connectivity index (χ2v) is 3.16. The van der Waals surface area contributed by atoms with Gasteiger partial charge in [-0.15, -0.1) is 0 Å². The summed E-state index contributed by atoms with van der Waals surface area (Å²) >= 11 is 0. The minimum atomic E-state index is -0.633. The van der Waals surface area contributed by atoms with Gasteiger partial charge in [-0.3, -0.25) is 5.73 Å². The van der Waals surface area contributed by atoms with Crippen molar-refractivity contribution in [3.8, 4) is 5.75 Å². The van der Waals surface area contributed by atoms with Crippen LogP contribution in [0.1, 0.15) is 5.56 Å². The first kappa shape index (κ1) is 10.6. The Labute approximate surface area is 91.8 Å². The molecule has 1 atom stereocenters. The third-order valence-corrected chi connectivity index (χ3v) is 2.11. The number of methoxy groups -OCH3 is 1. The van der Waals surface area contributed by atoms with Crippen LogP contribution in [0.4, 0.5) is 4.39 Å². The maximum Gasteiger partial charge on any atom is 0.195 e. The van der Waals surface area contributed by atoms with E-state index in [-0.39, 0.29) is 5.82 Å². The standard InChI is InChI=1S/C10H11FN4O/c1-16-8-4-6(11)2-3-7(8)9-13-5-14-10(12)15-9/h2-5,10H,12H2,1H3,(H,13,14,15). The van der Waals surface area contributed by atoms with E-state index in [4.69, 9.17) is 10.5 Å². The Morgan fingerprint density at radius 3 is 3.00 bits per heavy atom. The highest BCUT2D eigenvalue weighted by Gasteiger charge is 2.13. The second-order valence-electron chi connectivity index (χ2n) is 3.16. The first-order chi connectivity index (χ1) is 7.70. The molecule has 16 heavy (non-hydrogen) atoms. The SMILES string of the molecule is COc1cc(F)ccc1C1=NC(N)N=CN1. The van der Waals surface area contributed by atoms with Crippen LogP contribution in [-0.4, -0.2) is 25.6 Å². The van der Waals surface area contributed by atoms with E-state index >= 15 is 0 Å². The zero-order valence-corrected chi connectivity index (χ0v) is 8.64. The number of hydrogen-bond donors (Lipinski definition) is 2. The molecule has 5 nitrogen and oxygen atoms in total. The molecule has 2 rings (SSSR count). The second kappa shape index (κ2) is 4.28. The van der Waals surface area contributed by atoms with Crippen molar-refractivity contribution >= 4 is 12.2 Å². The summed E-state index contributed by atoms with van der Waals surface area (Å²) in [6, 6.07) is 4.20. The Morgan fingerprint density at radius 1 is 1.50 bits per heavy atom. The Morgan fingerprint density at radius 2 is 2.31 bits per heavy atom. The number of nitrogens with one attached hydrogen (secondary N) is 1. The lowest BCUT2D eigenvalue weighted by atomic mass is 10.1. The van der Waals surface area contributed by atoms with Gasteiger partial charge in [-0.25, -0.2) is 14.4 Å². The molecule has 1 aromatic rings. The van der Waals surface area contributed by atoms with Gasteiger partial charge in [-0.1, -0.05) is 0 Å². The average molecular weight is 222 g/mol. The van der Waals surface area contributed by atoms with Crippen LogP contribution in [0.3, 0.4) is 0 Å². The highest BCUT2D eigenvalue weighted by atomic mass is 19.1. The van der Waals surface area contributed by atoms with Gasteiger partial charge in [0.05, 0.1) is 19.0 Å². The lowest BCUT2D eigenvalue weighted by molar-refractivity contribution is 0.410. The van der Waals surface area contributed by atoms with Crippen LogP contribution in [0.2, 0.25) is 0 Å². The van der Waals surface area contributed by atoms with Crippen molar-refractivity contribution in [1.29, 1.82) is 0 Å². The summed E-state index contributed by atoms with van der Waals surface area (Å²) in [5.74, 6) is 0.545. The number of rotatable bonds is 2. The molecule has 84 valence electrons. The van der Waals surface area contributed by atoms with Crippen molar-refractivity contribution in [3.05, 3.63) is 29.6 Å². The minimum Gasteiger partial charge on any atom is -0.496 e. The van der Waals surface area contributed by atoms with E-state index in [1.165, 1.54) is 25.6 Å². The van der Waals surface area contributed by atoms with Crippen LogP contribution in [0.25, 0.3) is 0 Å². The fourth-order valence-electron chi connectivity index (χ4n) is 1.39. The van der Waals surface area contributed by atoms with Crippen LogP contribution < -0.4 is 15.8 Å². The molecule has 0 aromatic heterocycles. The Bertz CT molecular complexity index is 458. The first-order valence-corrected chi connectivity index (χ1v) is 4.66. The third-order valence-electron chi connectivity index (χ3n) is 2.11. The van der Waals surface area contributed by atoms with Crippen LogP contribution in [0.5, 0.6) is 5.75 Å². The first-order valence-electron chi connectivity index (χ1n) is 4.66. The Kier molecular flexibility index (Phi) is 2.82. The topological polar surface area (TPSA) is 72.0 Å². The van der Waals surface area contributed by atoms with Gasteiger partial charge in [-0.2, -0.15) is 0 Å². The van der Waals surface area contributed by atoms with E-state index in [0.717, 1.165) is 0 Å². The smallest absolute Gasteiger partial charge is 0.195 e. The zero-order chi connectivity index (χ0) is 11.5. The van der Waals surface area contributed by atoms with Gasteiger partial charge in [0.2, 0.25) is 0 Å². The summed E-state index contributed by atoms with van der Waals surface area (Å²) in [7, 11) is 1.47. The molecular formula is C10H11FN4O. The lowest BCUT2D eigenvalue weighted by Gasteiger charge is -2.15. The molecule has 1 heterocycles. The summed E-state index contributed by atoms with van der Waals surface area (Å²) in [6.45, 7) is 0. The summed E-state index contributed by atoms with van der Waals surface area (Å²) in [6.07, 6.45) is 0.821. The zero-order valence-electron chi connectivity index (χ0n) is 8.64. The predicted octanol–water partition coefficient (Wildman–Crippen LogP) is 0.455. The minimum absolute atomic E-state index is 0.366. The Balaban J connectivity index is 2.40. The van der Waals surface area contributed by atoms with Crippen LogP contribution in [0.15, 0.2) is 28.2 Å². The molecule has 1 unspecified atom stereocenters. The van der Waals surface area contributed by atoms with Gasteiger partial charge in [0, 0.05) is 6.07 Å². The molecule has 1 aliphatic heterocycles. The van der Waals surface area contributed by atoms with Gasteiger partial charge < -0.3 is 10.1 Å². The van der Waals surface area contributed by atoms with Crippen molar-refractivity contribution in [1.82, 2.24) is 5.32 Å². The summed E-state index contributed by atoms with van der Waals surface area (Å²) in [4.78, 5) is 7.89. The number of nitrogens with zero attached hydrogens (tertiary/aromatic N) is 2. The van der Waals surface area contributed by atoms with Crippen molar-refractivity contribution < 1.29 is 9.13 Å². The summed E-state index contributed by atoms with van der Waals surface area (Å²) in [5, 5.41) is 2.84. The predicted molar refractivity (Wildman–Crippen MR) is 59.1 cm³/mol. The van der Waals surface area contributed by atoms with E-state index in [1.807, 2.05) is 0 Å². The molecule has 6 heteroatoms. The quantitative estimate of drug-likeness (QED) is 0.763. The molecule has 0 saturated carbocycles.